The van der Waals surface area contributed by atoms with E-state index in [2.05, 4.69) is 35.0 Å². The van der Waals surface area contributed by atoms with Crippen LogP contribution >= 0.6 is 0 Å². The van der Waals surface area contributed by atoms with E-state index in [0.29, 0.717) is 25.7 Å². The number of rotatable bonds is 10. The molecule has 0 saturated heterocycles. The van der Waals surface area contributed by atoms with Gasteiger partial charge < -0.3 is 10.6 Å². The molecule has 1 aliphatic carbocycles. The summed E-state index contributed by atoms with van der Waals surface area (Å²) in [6.45, 7) is 7.43. The first-order valence-electron chi connectivity index (χ1n) is 11.1. The Balaban J connectivity index is 1.85. The third-order valence-corrected chi connectivity index (χ3v) is 5.71. The molecule has 1 aromatic heterocycles. The number of benzene rings is 1. The van der Waals surface area contributed by atoms with E-state index in [1.54, 1.807) is 6.92 Å². The lowest BCUT2D eigenvalue weighted by Crippen LogP contribution is -2.45. The maximum absolute atomic E-state index is 13.3. The molecule has 0 radical (unpaired) electrons. The molecule has 1 aliphatic rings. The average molecular weight is 428 g/mol. The van der Waals surface area contributed by atoms with Crippen LogP contribution in [0.3, 0.4) is 0 Å². The van der Waals surface area contributed by atoms with Crippen molar-refractivity contribution in [2.75, 3.05) is 23.7 Å². The van der Waals surface area contributed by atoms with Crippen LogP contribution in [0.4, 0.5) is 11.5 Å². The quantitative estimate of drug-likeness (QED) is 0.605. The number of hydrogen-bond acceptors (Lipinski definition) is 5. The van der Waals surface area contributed by atoms with Gasteiger partial charge in [0.2, 0.25) is 5.91 Å². The largest absolute Gasteiger partial charge is 0.383 e. The van der Waals surface area contributed by atoms with Crippen molar-refractivity contribution in [2.24, 2.45) is 0 Å². The van der Waals surface area contributed by atoms with Crippen molar-refractivity contribution < 1.29 is 4.79 Å². The van der Waals surface area contributed by atoms with Gasteiger partial charge in [-0.2, -0.15) is 0 Å². The van der Waals surface area contributed by atoms with Crippen molar-refractivity contribution in [3.05, 3.63) is 56.2 Å². The van der Waals surface area contributed by atoms with Gasteiger partial charge in [-0.05, 0) is 38.7 Å². The molecule has 3 rings (SSSR count). The van der Waals surface area contributed by atoms with E-state index in [0.717, 1.165) is 31.2 Å². The second kappa shape index (κ2) is 9.96. The van der Waals surface area contributed by atoms with Gasteiger partial charge in [0.05, 0.1) is 6.54 Å². The van der Waals surface area contributed by atoms with Gasteiger partial charge in [0, 0.05) is 25.7 Å². The number of anilines is 2. The van der Waals surface area contributed by atoms with Crippen LogP contribution in [-0.4, -0.2) is 39.5 Å². The number of nitrogen functional groups attached to an aromatic ring is 1. The van der Waals surface area contributed by atoms with Gasteiger partial charge in [-0.15, -0.1) is 0 Å². The molecule has 1 saturated carbocycles. The van der Waals surface area contributed by atoms with E-state index < -0.39 is 11.2 Å². The molecule has 8 nitrogen and oxygen atoms in total. The number of aromatic nitrogens is 2. The lowest BCUT2D eigenvalue weighted by molar-refractivity contribution is -0.120. The number of unbranched alkanes of at least 4 members (excludes halogenated alkanes) is 1. The maximum Gasteiger partial charge on any atom is 0.330 e. The minimum absolute atomic E-state index is 0.0501. The Hall–Kier alpha value is -2.87. The lowest BCUT2D eigenvalue weighted by atomic mass is 10.1. The monoisotopic (exact) mass is 427 g/mol. The number of likely N-dealkylation sites (N-methyl/N-ethyl adjacent to an activating group) is 1. The zero-order valence-electron chi connectivity index (χ0n) is 18.7. The fraction of sp³-hybridized carbons (Fsp3) is 0.522. The van der Waals surface area contributed by atoms with Gasteiger partial charge in [0.1, 0.15) is 5.82 Å². The summed E-state index contributed by atoms with van der Waals surface area (Å²) >= 11 is 0. The zero-order chi connectivity index (χ0) is 22.5. The molecule has 0 unspecified atom stereocenters. The number of nitrogens with one attached hydrogen (secondary N) is 1. The van der Waals surface area contributed by atoms with E-state index >= 15 is 0 Å². The smallest absolute Gasteiger partial charge is 0.330 e. The van der Waals surface area contributed by atoms with E-state index in [9.17, 15) is 14.4 Å². The fourth-order valence-electron chi connectivity index (χ4n) is 3.89. The summed E-state index contributed by atoms with van der Waals surface area (Å²) in [6.07, 6.45) is 3.76. The molecular formula is C23H33N5O3. The molecule has 1 aromatic carbocycles. The number of hydrogen-bond donors (Lipinski definition) is 2. The van der Waals surface area contributed by atoms with Gasteiger partial charge >= 0.3 is 5.69 Å². The third-order valence-electron chi connectivity index (χ3n) is 5.71. The Morgan fingerprint density at radius 1 is 1.26 bits per heavy atom. The Labute approximate surface area is 182 Å². The molecule has 0 aliphatic heterocycles. The van der Waals surface area contributed by atoms with Gasteiger partial charge in [-0.25, -0.2) is 4.79 Å². The molecule has 1 amide bonds. The normalized spacial score (nSPS) is 13.5. The summed E-state index contributed by atoms with van der Waals surface area (Å²) in [4.78, 5) is 44.0. The van der Waals surface area contributed by atoms with Gasteiger partial charge in [0.25, 0.3) is 5.56 Å². The van der Waals surface area contributed by atoms with Crippen LogP contribution in [0.5, 0.6) is 0 Å². The van der Waals surface area contributed by atoms with Crippen LogP contribution in [0.15, 0.2) is 33.9 Å². The standard InChI is InChI=1S/C23H33N5O3/c1-4-6-12-28-21(24)20(22(30)25-23(28)31)27(5-2)19(29)15-26(18-10-11-18)14-17-9-7-8-16(3)13-17/h7-9,13,18H,4-6,10-12,14-15,24H2,1-3H3,(H,25,30,31). The topological polar surface area (TPSA) is 104 Å². The molecule has 1 heterocycles. The highest BCUT2D eigenvalue weighted by molar-refractivity contribution is 5.96. The fourth-order valence-corrected chi connectivity index (χ4v) is 3.89. The summed E-state index contributed by atoms with van der Waals surface area (Å²) in [5.41, 5.74) is 7.46. The molecule has 0 bridgehead atoms. The highest BCUT2D eigenvalue weighted by Gasteiger charge is 2.32. The van der Waals surface area contributed by atoms with E-state index in [-0.39, 0.29) is 24.0 Å². The predicted molar refractivity (Wildman–Crippen MR) is 123 cm³/mol. The molecule has 3 N–H and O–H groups in total. The van der Waals surface area contributed by atoms with Crippen molar-refractivity contribution in [1.82, 2.24) is 14.5 Å². The van der Waals surface area contributed by atoms with Crippen LogP contribution in [-0.2, 0) is 17.9 Å². The Bertz CT molecular complexity index is 1040. The second-order valence-electron chi connectivity index (χ2n) is 8.26. The summed E-state index contributed by atoms with van der Waals surface area (Å²) in [5, 5.41) is 0. The van der Waals surface area contributed by atoms with Crippen LogP contribution in [0.2, 0.25) is 0 Å². The first-order valence-corrected chi connectivity index (χ1v) is 11.1. The lowest BCUT2D eigenvalue weighted by Gasteiger charge is -2.27. The number of carbonyl (C=O) groups is 1. The molecule has 0 spiro atoms. The van der Waals surface area contributed by atoms with Crippen LogP contribution in [0, 0.1) is 6.92 Å². The Morgan fingerprint density at radius 2 is 2.00 bits per heavy atom. The molecule has 168 valence electrons. The van der Waals surface area contributed by atoms with E-state index in [1.165, 1.54) is 15.0 Å². The highest BCUT2D eigenvalue weighted by Crippen LogP contribution is 2.29. The van der Waals surface area contributed by atoms with Gasteiger partial charge in [-0.1, -0.05) is 43.2 Å². The number of nitrogens with zero attached hydrogens (tertiary/aromatic N) is 3. The van der Waals surface area contributed by atoms with E-state index in [4.69, 9.17) is 5.73 Å². The Morgan fingerprint density at radius 3 is 2.61 bits per heavy atom. The van der Waals surface area contributed by atoms with Crippen molar-refractivity contribution in [2.45, 2.75) is 65.6 Å². The number of aromatic amines is 1. The maximum atomic E-state index is 13.3. The summed E-state index contributed by atoms with van der Waals surface area (Å²) in [7, 11) is 0. The SMILES string of the molecule is CCCCn1c(N)c(N(CC)C(=O)CN(Cc2cccc(C)c2)C2CC2)c(=O)[nH]c1=O. The van der Waals surface area contributed by atoms with Gasteiger partial charge in [-0.3, -0.25) is 24.0 Å². The molecular weight excluding hydrogens is 394 g/mol. The number of amides is 1. The number of carbonyl (C=O) groups excluding carboxylic acids is 1. The zero-order valence-corrected chi connectivity index (χ0v) is 18.7. The van der Waals surface area contributed by atoms with Crippen molar-refractivity contribution in [3.8, 4) is 0 Å². The molecule has 31 heavy (non-hydrogen) atoms. The molecule has 0 atom stereocenters. The minimum Gasteiger partial charge on any atom is -0.383 e. The summed E-state index contributed by atoms with van der Waals surface area (Å²) in [5.74, 6) is -0.144. The second-order valence-corrected chi connectivity index (χ2v) is 8.26. The molecule has 2 aromatic rings. The number of nitrogens with two attached hydrogens (primary N) is 1. The first kappa shape index (κ1) is 22.8. The Kier molecular flexibility index (Phi) is 7.33. The van der Waals surface area contributed by atoms with Crippen molar-refractivity contribution in [1.29, 1.82) is 0 Å². The number of aryl methyl sites for hydroxylation is 1. The van der Waals surface area contributed by atoms with Crippen molar-refractivity contribution in [3.63, 3.8) is 0 Å². The molecule has 1 fully saturated rings. The van der Waals surface area contributed by atoms with Crippen molar-refractivity contribution >= 4 is 17.4 Å². The first-order chi connectivity index (χ1) is 14.8. The summed E-state index contributed by atoms with van der Waals surface area (Å²) < 4.78 is 1.35. The minimum atomic E-state index is -0.623. The predicted octanol–water partition coefficient (Wildman–Crippen LogP) is 2.24. The third kappa shape index (κ3) is 5.44. The average Bonchev–Trinajstić information content (AvgIpc) is 3.55. The number of H-pyrrole nitrogens is 1. The van der Waals surface area contributed by atoms with Crippen LogP contribution < -0.4 is 21.9 Å². The molecule has 8 heteroatoms. The highest BCUT2D eigenvalue weighted by atomic mass is 16.2. The van der Waals surface area contributed by atoms with Crippen LogP contribution in [0.1, 0.15) is 50.7 Å². The van der Waals surface area contributed by atoms with Crippen LogP contribution in [0.25, 0.3) is 0 Å². The van der Waals surface area contributed by atoms with Gasteiger partial charge in [0.15, 0.2) is 5.69 Å². The summed E-state index contributed by atoms with van der Waals surface area (Å²) in [6, 6.07) is 8.64. The van der Waals surface area contributed by atoms with E-state index in [1.807, 2.05) is 13.0 Å².